The summed E-state index contributed by atoms with van der Waals surface area (Å²) in [6.07, 6.45) is 1.87. The third-order valence-electron chi connectivity index (χ3n) is 3.97. The van der Waals surface area contributed by atoms with E-state index in [9.17, 15) is 14.9 Å². The van der Waals surface area contributed by atoms with E-state index in [0.717, 1.165) is 24.0 Å². The zero-order valence-electron chi connectivity index (χ0n) is 13.1. The second-order valence-electron chi connectivity index (χ2n) is 6.03. The lowest BCUT2D eigenvalue weighted by Crippen LogP contribution is -2.48. The summed E-state index contributed by atoms with van der Waals surface area (Å²) in [6.45, 7) is 5.03. The number of benzene rings is 1. The highest BCUT2D eigenvalue weighted by molar-refractivity contribution is 5.93. The first-order valence-corrected chi connectivity index (χ1v) is 7.32. The Hall–Kier alpha value is -2.35. The molecule has 0 spiro atoms. The van der Waals surface area contributed by atoms with Crippen molar-refractivity contribution in [3.8, 4) is 6.07 Å². The van der Waals surface area contributed by atoms with Crippen LogP contribution in [0, 0.1) is 31.1 Å². The maximum atomic E-state index is 12.0. The lowest BCUT2D eigenvalue weighted by Gasteiger charge is -2.22. The van der Waals surface area contributed by atoms with Crippen LogP contribution in [0.2, 0.25) is 0 Å². The zero-order valence-corrected chi connectivity index (χ0v) is 13.1. The number of esters is 1. The molecule has 0 aromatic heterocycles. The Bertz CT molecular complexity index is 644. The molecule has 1 saturated carbocycles. The molecule has 0 unspecified atom stereocenters. The van der Waals surface area contributed by atoms with Crippen molar-refractivity contribution in [1.82, 2.24) is 5.32 Å². The van der Waals surface area contributed by atoms with Crippen molar-refractivity contribution in [2.45, 2.75) is 39.2 Å². The summed E-state index contributed by atoms with van der Waals surface area (Å²) in [4.78, 5) is 23.9. The molecule has 1 aliphatic carbocycles. The van der Waals surface area contributed by atoms with Gasteiger partial charge in [-0.15, -0.1) is 0 Å². The van der Waals surface area contributed by atoms with Crippen LogP contribution >= 0.6 is 0 Å². The SMILES string of the molecule is Cc1ccc(C)c(C(=O)OCC(=O)N[C@@](C)(C#N)C2CC2)c1. The van der Waals surface area contributed by atoms with Crippen LogP contribution in [0.5, 0.6) is 0 Å². The highest BCUT2D eigenvalue weighted by Gasteiger charge is 2.43. The second kappa shape index (κ2) is 6.18. The molecule has 5 heteroatoms. The Morgan fingerprint density at radius 2 is 2.09 bits per heavy atom. The number of hydrogen-bond donors (Lipinski definition) is 1. The van der Waals surface area contributed by atoms with Crippen LogP contribution in [0.25, 0.3) is 0 Å². The van der Waals surface area contributed by atoms with Crippen molar-refractivity contribution in [2.24, 2.45) is 5.92 Å². The minimum atomic E-state index is -0.872. The molecule has 1 aliphatic rings. The van der Waals surface area contributed by atoms with Crippen molar-refractivity contribution in [3.63, 3.8) is 0 Å². The maximum Gasteiger partial charge on any atom is 0.338 e. The number of ether oxygens (including phenoxy) is 1. The van der Waals surface area contributed by atoms with Gasteiger partial charge in [0.1, 0.15) is 5.54 Å². The molecular formula is C17H20N2O3. The van der Waals surface area contributed by atoms with Gasteiger partial charge in [0.25, 0.3) is 5.91 Å². The molecule has 1 N–H and O–H groups in total. The van der Waals surface area contributed by atoms with E-state index in [4.69, 9.17) is 4.74 Å². The van der Waals surface area contributed by atoms with Gasteiger partial charge in [0.15, 0.2) is 6.61 Å². The molecule has 1 aromatic carbocycles. The molecule has 0 bridgehead atoms. The summed E-state index contributed by atoms with van der Waals surface area (Å²) >= 11 is 0. The molecule has 2 rings (SSSR count). The molecule has 1 amide bonds. The van der Waals surface area contributed by atoms with E-state index in [1.807, 2.05) is 26.0 Å². The van der Waals surface area contributed by atoms with E-state index in [1.54, 1.807) is 13.0 Å². The Morgan fingerprint density at radius 1 is 1.41 bits per heavy atom. The number of hydrogen-bond acceptors (Lipinski definition) is 4. The van der Waals surface area contributed by atoms with Crippen LogP contribution in [-0.2, 0) is 9.53 Å². The molecule has 0 aliphatic heterocycles. The Labute approximate surface area is 130 Å². The molecule has 0 radical (unpaired) electrons. The summed E-state index contributed by atoms with van der Waals surface area (Å²) in [5, 5.41) is 11.9. The summed E-state index contributed by atoms with van der Waals surface area (Å²) in [5.74, 6) is -0.785. The van der Waals surface area contributed by atoms with Gasteiger partial charge in [0.05, 0.1) is 11.6 Å². The van der Waals surface area contributed by atoms with Gasteiger partial charge in [0, 0.05) is 0 Å². The van der Waals surface area contributed by atoms with Gasteiger partial charge in [-0.3, -0.25) is 4.79 Å². The molecule has 1 atom stereocenters. The highest BCUT2D eigenvalue weighted by Crippen LogP contribution is 2.39. The number of amides is 1. The second-order valence-corrected chi connectivity index (χ2v) is 6.03. The Balaban J connectivity index is 1.92. The third kappa shape index (κ3) is 3.64. The number of aryl methyl sites for hydroxylation is 2. The van der Waals surface area contributed by atoms with Crippen molar-refractivity contribution in [2.75, 3.05) is 6.61 Å². The topological polar surface area (TPSA) is 79.2 Å². The molecule has 116 valence electrons. The van der Waals surface area contributed by atoms with Gasteiger partial charge in [-0.05, 0) is 51.2 Å². The van der Waals surface area contributed by atoms with E-state index in [0.29, 0.717) is 5.56 Å². The van der Waals surface area contributed by atoms with Crippen LogP contribution in [0.4, 0.5) is 0 Å². The molecule has 1 fully saturated rings. The van der Waals surface area contributed by atoms with Crippen LogP contribution in [-0.4, -0.2) is 24.0 Å². The molecule has 5 nitrogen and oxygen atoms in total. The monoisotopic (exact) mass is 300 g/mol. The van der Waals surface area contributed by atoms with E-state index in [2.05, 4.69) is 11.4 Å². The third-order valence-corrected chi connectivity index (χ3v) is 3.97. The number of nitrogens with zero attached hydrogens (tertiary/aromatic N) is 1. The number of nitrogens with one attached hydrogen (secondary N) is 1. The zero-order chi connectivity index (χ0) is 16.3. The smallest absolute Gasteiger partial charge is 0.338 e. The number of carbonyl (C=O) groups is 2. The molecular weight excluding hydrogens is 280 g/mol. The van der Waals surface area contributed by atoms with E-state index >= 15 is 0 Å². The van der Waals surface area contributed by atoms with Crippen molar-refractivity contribution >= 4 is 11.9 Å². The fourth-order valence-corrected chi connectivity index (χ4v) is 2.37. The number of nitriles is 1. The average Bonchev–Trinajstić information content (AvgIpc) is 3.32. The summed E-state index contributed by atoms with van der Waals surface area (Å²) in [6, 6.07) is 7.62. The molecule has 22 heavy (non-hydrogen) atoms. The van der Waals surface area contributed by atoms with Crippen molar-refractivity contribution in [1.29, 1.82) is 5.26 Å². The minimum Gasteiger partial charge on any atom is -0.452 e. The van der Waals surface area contributed by atoms with E-state index < -0.39 is 17.4 Å². The summed E-state index contributed by atoms with van der Waals surface area (Å²) in [7, 11) is 0. The van der Waals surface area contributed by atoms with Crippen molar-refractivity contribution < 1.29 is 14.3 Å². The first-order valence-electron chi connectivity index (χ1n) is 7.32. The van der Waals surface area contributed by atoms with Crippen LogP contribution < -0.4 is 5.32 Å². The lowest BCUT2D eigenvalue weighted by molar-refractivity contribution is -0.125. The number of rotatable bonds is 5. The predicted molar refractivity (Wildman–Crippen MR) is 81.1 cm³/mol. The predicted octanol–water partition coefficient (Wildman–Crippen LogP) is 2.27. The van der Waals surface area contributed by atoms with Gasteiger partial charge in [-0.25, -0.2) is 4.79 Å². The van der Waals surface area contributed by atoms with Crippen LogP contribution in [0.1, 0.15) is 41.3 Å². The first kappa shape index (κ1) is 16.0. The van der Waals surface area contributed by atoms with E-state index in [-0.39, 0.29) is 12.5 Å². The van der Waals surface area contributed by atoms with Crippen LogP contribution in [0.15, 0.2) is 18.2 Å². The molecule has 1 aromatic rings. The Kier molecular flexibility index (Phi) is 4.51. The minimum absolute atomic E-state index is 0.191. The van der Waals surface area contributed by atoms with Gasteiger partial charge >= 0.3 is 5.97 Å². The standard InChI is InChI=1S/C17H20N2O3/c1-11-4-5-12(2)14(8-11)16(21)22-9-15(20)19-17(3,10-18)13-6-7-13/h4-5,8,13H,6-7,9H2,1-3H3,(H,19,20)/t17-/m0/s1. The molecule has 0 heterocycles. The van der Waals surface area contributed by atoms with Gasteiger partial charge in [-0.1, -0.05) is 17.7 Å². The van der Waals surface area contributed by atoms with Crippen LogP contribution in [0.3, 0.4) is 0 Å². The first-order chi connectivity index (χ1) is 10.4. The van der Waals surface area contributed by atoms with E-state index in [1.165, 1.54) is 0 Å². The summed E-state index contributed by atoms with van der Waals surface area (Å²) < 4.78 is 5.06. The van der Waals surface area contributed by atoms with Crippen molar-refractivity contribution in [3.05, 3.63) is 34.9 Å². The van der Waals surface area contributed by atoms with Gasteiger partial charge < -0.3 is 10.1 Å². The highest BCUT2D eigenvalue weighted by atomic mass is 16.5. The average molecular weight is 300 g/mol. The fraction of sp³-hybridized carbons (Fsp3) is 0.471. The lowest BCUT2D eigenvalue weighted by atomic mass is 9.98. The van der Waals surface area contributed by atoms with Gasteiger partial charge in [-0.2, -0.15) is 5.26 Å². The maximum absolute atomic E-state index is 12.0. The normalized spacial score (nSPS) is 16.3. The largest absolute Gasteiger partial charge is 0.452 e. The molecule has 0 saturated heterocycles. The van der Waals surface area contributed by atoms with Gasteiger partial charge in [0.2, 0.25) is 0 Å². The summed E-state index contributed by atoms with van der Waals surface area (Å²) in [5.41, 5.74) is 1.34. The number of carbonyl (C=O) groups excluding carboxylic acids is 2. The quantitative estimate of drug-likeness (QED) is 0.846. The Morgan fingerprint density at radius 3 is 2.68 bits per heavy atom. The fourth-order valence-electron chi connectivity index (χ4n) is 2.37.